The SMILES string of the molecule is CCCCCCCCCCCC(CCCCCCCCCCC(=O)O)(C(=O)O)C(=O)ON1C(=O)CCC1O. The zero-order valence-electron chi connectivity index (χ0n) is 23.5. The smallest absolute Gasteiger partial charge is 0.349 e. The Balaban J connectivity index is 2.57. The van der Waals surface area contributed by atoms with E-state index >= 15 is 0 Å². The highest BCUT2D eigenvalue weighted by atomic mass is 16.7. The maximum Gasteiger partial charge on any atom is 0.349 e. The summed E-state index contributed by atoms with van der Waals surface area (Å²) in [4.78, 5) is 53.5. The normalized spacial score (nSPS) is 16.9. The molecule has 0 radical (unpaired) electrons. The Kier molecular flexibility index (Phi) is 17.7. The van der Waals surface area contributed by atoms with Crippen LogP contribution in [-0.4, -0.2) is 50.4 Å². The van der Waals surface area contributed by atoms with Gasteiger partial charge in [-0.25, -0.2) is 4.79 Å². The van der Waals surface area contributed by atoms with Crippen molar-refractivity contribution in [3.63, 3.8) is 0 Å². The van der Waals surface area contributed by atoms with Crippen molar-refractivity contribution in [2.75, 3.05) is 0 Å². The van der Waals surface area contributed by atoms with Crippen molar-refractivity contribution < 1.29 is 39.3 Å². The molecular formula is C29H51NO8. The summed E-state index contributed by atoms with van der Waals surface area (Å²) in [6, 6.07) is 0. The van der Waals surface area contributed by atoms with Crippen LogP contribution in [0.1, 0.15) is 148 Å². The molecular weight excluding hydrogens is 490 g/mol. The first-order chi connectivity index (χ1) is 18.2. The maximum absolute atomic E-state index is 13.2. The van der Waals surface area contributed by atoms with Gasteiger partial charge in [0, 0.05) is 19.3 Å². The minimum atomic E-state index is -1.74. The Bertz CT molecular complexity index is 713. The molecule has 2 atom stereocenters. The number of carbonyl (C=O) groups excluding carboxylic acids is 2. The van der Waals surface area contributed by atoms with Crippen LogP contribution in [0.25, 0.3) is 0 Å². The molecule has 1 rings (SSSR count). The van der Waals surface area contributed by atoms with E-state index in [-0.39, 0.29) is 32.1 Å². The van der Waals surface area contributed by atoms with E-state index in [9.17, 15) is 29.4 Å². The quantitative estimate of drug-likeness (QED) is 0.0946. The molecule has 0 saturated carbocycles. The van der Waals surface area contributed by atoms with Crippen molar-refractivity contribution in [1.29, 1.82) is 0 Å². The largest absolute Gasteiger partial charge is 0.481 e. The van der Waals surface area contributed by atoms with Crippen LogP contribution < -0.4 is 0 Å². The molecule has 1 amide bonds. The topological polar surface area (TPSA) is 141 Å². The molecule has 0 spiro atoms. The summed E-state index contributed by atoms with van der Waals surface area (Å²) in [5, 5.41) is 29.5. The number of hydrogen-bond acceptors (Lipinski definition) is 6. The summed E-state index contributed by atoms with van der Waals surface area (Å²) >= 11 is 0. The number of aliphatic carboxylic acids is 2. The third kappa shape index (κ3) is 13.1. The van der Waals surface area contributed by atoms with Gasteiger partial charge in [0.2, 0.25) is 0 Å². The summed E-state index contributed by atoms with van der Waals surface area (Å²) in [5.74, 6) is -3.48. The summed E-state index contributed by atoms with van der Waals surface area (Å²) in [6.45, 7) is 2.19. The van der Waals surface area contributed by atoms with Gasteiger partial charge in [-0.2, -0.15) is 0 Å². The molecule has 3 N–H and O–H groups in total. The highest BCUT2D eigenvalue weighted by Gasteiger charge is 2.49. The van der Waals surface area contributed by atoms with Crippen molar-refractivity contribution in [1.82, 2.24) is 5.06 Å². The van der Waals surface area contributed by atoms with Gasteiger partial charge in [0.1, 0.15) is 0 Å². The van der Waals surface area contributed by atoms with Gasteiger partial charge in [-0.3, -0.25) is 14.4 Å². The number of hydrogen-bond donors (Lipinski definition) is 3. The van der Waals surface area contributed by atoms with Gasteiger partial charge in [-0.15, -0.1) is 5.06 Å². The summed E-state index contributed by atoms with van der Waals surface area (Å²) < 4.78 is 0. The van der Waals surface area contributed by atoms with Crippen LogP contribution in [-0.2, 0) is 24.0 Å². The number of carboxylic acids is 2. The standard InChI is InChI=1S/C29H51NO8/c1-2-3-4-5-6-8-11-14-17-22-29(27(35)36,28(37)38-30-24(31)20-21-25(30)32)23-18-15-12-9-7-10-13-16-19-26(33)34/h24,31H,2-23H2,1H3,(H,33,34)(H,35,36). The number of amides is 1. The zero-order chi connectivity index (χ0) is 28.2. The fourth-order valence-electron chi connectivity index (χ4n) is 5.07. The van der Waals surface area contributed by atoms with Gasteiger partial charge in [0.15, 0.2) is 11.6 Å². The average molecular weight is 542 g/mol. The highest BCUT2D eigenvalue weighted by Crippen LogP contribution is 2.35. The Morgan fingerprint density at radius 2 is 1.24 bits per heavy atom. The minimum Gasteiger partial charge on any atom is -0.481 e. The molecule has 0 bridgehead atoms. The van der Waals surface area contributed by atoms with Crippen LogP contribution in [0.15, 0.2) is 0 Å². The molecule has 0 aromatic heterocycles. The van der Waals surface area contributed by atoms with Crippen molar-refractivity contribution >= 4 is 23.8 Å². The number of unbranched alkanes of at least 4 members (excludes halogenated alkanes) is 15. The van der Waals surface area contributed by atoms with Crippen LogP contribution in [0.5, 0.6) is 0 Å². The number of aliphatic hydroxyl groups is 1. The first-order valence-corrected chi connectivity index (χ1v) is 14.9. The number of nitrogens with zero attached hydrogens (tertiary/aromatic N) is 1. The molecule has 1 saturated heterocycles. The predicted octanol–water partition coefficient (Wildman–Crippen LogP) is 6.36. The van der Waals surface area contributed by atoms with Crippen LogP contribution in [0, 0.1) is 5.41 Å². The van der Waals surface area contributed by atoms with Gasteiger partial charge in [0.05, 0.1) is 0 Å². The van der Waals surface area contributed by atoms with Crippen molar-refractivity contribution in [2.45, 2.75) is 154 Å². The van der Waals surface area contributed by atoms with Crippen LogP contribution in [0.4, 0.5) is 0 Å². The first-order valence-electron chi connectivity index (χ1n) is 14.9. The Labute approximate surface area is 228 Å². The monoisotopic (exact) mass is 541 g/mol. The fourth-order valence-corrected chi connectivity index (χ4v) is 5.07. The lowest BCUT2D eigenvalue weighted by atomic mass is 9.77. The average Bonchev–Trinajstić information content (AvgIpc) is 3.19. The molecule has 0 aromatic rings. The van der Waals surface area contributed by atoms with Gasteiger partial charge >= 0.3 is 17.9 Å². The number of rotatable bonds is 24. The second kappa shape index (κ2) is 19.8. The van der Waals surface area contributed by atoms with Crippen LogP contribution in [0.2, 0.25) is 0 Å². The molecule has 0 aliphatic carbocycles. The molecule has 38 heavy (non-hydrogen) atoms. The van der Waals surface area contributed by atoms with E-state index in [4.69, 9.17) is 9.94 Å². The van der Waals surface area contributed by atoms with Crippen molar-refractivity contribution in [2.24, 2.45) is 5.41 Å². The zero-order valence-corrected chi connectivity index (χ0v) is 23.5. The molecule has 0 aromatic carbocycles. The van der Waals surface area contributed by atoms with Crippen LogP contribution in [0.3, 0.4) is 0 Å². The lowest BCUT2D eigenvalue weighted by Crippen LogP contribution is -2.46. The number of hydroxylamine groups is 2. The molecule has 9 nitrogen and oxygen atoms in total. The molecule has 1 aliphatic rings. The lowest BCUT2D eigenvalue weighted by molar-refractivity contribution is -0.230. The van der Waals surface area contributed by atoms with Crippen LogP contribution >= 0.6 is 0 Å². The third-order valence-electron chi connectivity index (χ3n) is 7.57. The second-order valence-electron chi connectivity index (χ2n) is 10.8. The summed E-state index contributed by atoms with van der Waals surface area (Å²) in [7, 11) is 0. The Morgan fingerprint density at radius 3 is 1.63 bits per heavy atom. The molecule has 2 unspecified atom stereocenters. The predicted molar refractivity (Wildman–Crippen MR) is 144 cm³/mol. The maximum atomic E-state index is 13.2. The minimum absolute atomic E-state index is 0.0586. The molecule has 1 heterocycles. The first kappa shape index (κ1) is 33.9. The molecule has 1 fully saturated rings. The summed E-state index contributed by atoms with van der Waals surface area (Å²) in [6.07, 6.45) is 15.8. The highest BCUT2D eigenvalue weighted by molar-refractivity contribution is 5.99. The van der Waals surface area contributed by atoms with Crippen molar-refractivity contribution in [3.05, 3.63) is 0 Å². The van der Waals surface area contributed by atoms with Gasteiger partial charge in [-0.05, 0) is 19.3 Å². The van der Waals surface area contributed by atoms with Gasteiger partial charge in [-0.1, -0.05) is 110 Å². The van der Waals surface area contributed by atoms with E-state index < -0.39 is 35.5 Å². The summed E-state index contributed by atoms with van der Waals surface area (Å²) in [5.41, 5.74) is -1.74. The fraction of sp³-hybridized carbons (Fsp3) is 0.862. The van der Waals surface area contributed by atoms with E-state index in [1.807, 2.05) is 0 Å². The van der Waals surface area contributed by atoms with E-state index in [0.717, 1.165) is 57.8 Å². The third-order valence-corrected chi connectivity index (χ3v) is 7.57. The molecule has 1 aliphatic heterocycles. The number of carboxylic acid groups (broad SMARTS) is 2. The second-order valence-corrected chi connectivity index (χ2v) is 10.8. The van der Waals surface area contributed by atoms with E-state index in [1.54, 1.807) is 0 Å². The Hall–Kier alpha value is -2.16. The molecule has 9 heteroatoms. The van der Waals surface area contributed by atoms with Crippen molar-refractivity contribution in [3.8, 4) is 0 Å². The van der Waals surface area contributed by atoms with E-state index in [1.165, 1.54) is 32.1 Å². The molecule has 220 valence electrons. The number of carbonyl (C=O) groups is 4. The van der Waals surface area contributed by atoms with Gasteiger partial charge < -0.3 is 20.2 Å². The van der Waals surface area contributed by atoms with E-state index in [0.29, 0.717) is 24.3 Å². The Morgan fingerprint density at radius 1 is 0.789 bits per heavy atom. The van der Waals surface area contributed by atoms with Gasteiger partial charge in [0.25, 0.3) is 5.91 Å². The lowest BCUT2D eigenvalue weighted by Gasteiger charge is -2.30. The number of aliphatic hydroxyl groups excluding tert-OH is 1. The van der Waals surface area contributed by atoms with E-state index in [2.05, 4.69) is 6.92 Å².